The highest BCUT2D eigenvalue weighted by Gasteiger charge is 2.17. The zero-order chi connectivity index (χ0) is 15.1. The molecule has 6 heteroatoms. The van der Waals surface area contributed by atoms with Crippen LogP contribution < -0.4 is 4.90 Å². The molecule has 1 aliphatic rings. The summed E-state index contributed by atoms with van der Waals surface area (Å²) in [4.78, 5) is 27.4. The Balaban J connectivity index is 1.72. The van der Waals surface area contributed by atoms with E-state index in [9.17, 15) is 9.59 Å². The van der Waals surface area contributed by atoms with Crippen molar-refractivity contribution in [2.45, 2.75) is 0 Å². The van der Waals surface area contributed by atoms with Crippen molar-refractivity contribution >= 4 is 29.3 Å². The van der Waals surface area contributed by atoms with Crippen molar-refractivity contribution in [2.75, 3.05) is 49.8 Å². The third-order valence-electron chi connectivity index (χ3n) is 3.33. The lowest BCUT2D eigenvalue weighted by molar-refractivity contribution is -0.132. The van der Waals surface area contributed by atoms with Gasteiger partial charge in [0.05, 0.1) is 24.7 Å². The fourth-order valence-electron chi connectivity index (χ4n) is 2.02. The van der Waals surface area contributed by atoms with Crippen LogP contribution in [0, 0.1) is 0 Å². The minimum atomic E-state index is 0.000905. The molecule has 0 aromatic heterocycles. The molecule has 0 spiro atoms. The van der Waals surface area contributed by atoms with Crippen molar-refractivity contribution < 1.29 is 14.3 Å². The van der Waals surface area contributed by atoms with Crippen LogP contribution in [0.15, 0.2) is 30.3 Å². The SMILES string of the molecule is CN(C(=O)CSCC(=O)N1CCOCC1)c1ccccc1. The molecule has 5 nitrogen and oxygen atoms in total. The van der Waals surface area contributed by atoms with Gasteiger partial charge in [0.15, 0.2) is 0 Å². The van der Waals surface area contributed by atoms with Crippen molar-refractivity contribution in [3.63, 3.8) is 0 Å². The van der Waals surface area contributed by atoms with Crippen molar-refractivity contribution in [3.05, 3.63) is 30.3 Å². The van der Waals surface area contributed by atoms with Gasteiger partial charge in [-0.25, -0.2) is 0 Å². The number of hydrogen-bond acceptors (Lipinski definition) is 4. The maximum atomic E-state index is 12.1. The summed E-state index contributed by atoms with van der Waals surface area (Å²) >= 11 is 1.36. The minimum absolute atomic E-state index is 0.000905. The Kier molecular flexibility index (Phi) is 6.07. The van der Waals surface area contributed by atoms with Crippen LogP contribution >= 0.6 is 11.8 Å². The number of thioether (sulfide) groups is 1. The van der Waals surface area contributed by atoms with Gasteiger partial charge in [-0.2, -0.15) is 0 Å². The number of anilines is 1. The van der Waals surface area contributed by atoms with E-state index in [-0.39, 0.29) is 11.8 Å². The van der Waals surface area contributed by atoms with Crippen LogP contribution in [0.5, 0.6) is 0 Å². The molecule has 0 bridgehead atoms. The van der Waals surface area contributed by atoms with Crippen LogP contribution in [0.25, 0.3) is 0 Å². The predicted molar refractivity (Wildman–Crippen MR) is 84.6 cm³/mol. The average Bonchev–Trinajstić information content (AvgIpc) is 2.55. The molecule has 0 N–H and O–H groups in total. The fraction of sp³-hybridized carbons (Fsp3) is 0.467. The van der Waals surface area contributed by atoms with Crippen LogP contribution in [-0.2, 0) is 14.3 Å². The molecule has 0 atom stereocenters. The second kappa shape index (κ2) is 8.05. The number of morpholine rings is 1. The van der Waals surface area contributed by atoms with Crippen LogP contribution in [0.2, 0.25) is 0 Å². The number of para-hydroxylation sites is 1. The highest BCUT2D eigenvalue weighted by Crippen LogP contribution is 2.13. The Morgan fingerprint density at radius 3 is 2.52 bits per heavy atom. The standard InChI is InChI=1S/C15H20N2O3S/c1-16(13-5-3-2-4-6-13)14(18)11-21-12-15(19)17-7-9-20-10-8-17/h2-6H,7-12H2,1H3. The van der Waals surface area contributed by atoms with Gasteiger partial charge >= 0.3 is 0 Å². The molecule has 0 unspecified atom stereocenters. The smallest absolute Gasteiger partial charge is 0.236 e. The lowest BCUT2D eigenvalue weighted by atomic mass is 10.3. The topological polar surface area (TPSA) is 49.9 Å². The summed E-state index contributed by atoms with van der Waals surface area (Å²) in [7, 11) is 1.75. The van der Waals surface area contributed by atoms with Crippen LogP contribution in [-0.4, -0.2) is 61.6 Å². The highest BCUT2D eigenvalue weighted by molar-refractivity contribution is 8.00. The minimum Gasteiger partial charge on any atom is -0.378 e. The Labute approximate surface area is 129 Å². The molecule has 114 valence electrons. The summed E-state index contributed by atoms with van der Waals surface area (Å²) in [5.41, 5.74) is 0.864. The normalized spacial score (nSPS) is 14.8. The molecule has 1 aromatic rings. The van der Waals surface area contributed by atoms with Crippen molar-refractivity contribution in [3.8, 4) is 0 Å². The number of hydrogen-bond donors (Lipinski definition) is 0. The van der Waals surface area contributed by atoms with Gasteiger partial charge in [-0.3, -0.25) is 9.59 Å². The van der Waals surface area contributed by atoms with Gasteiger partial charge in [0, 0.05) is 25.8 Å². The summed E-state index contributed by atoms with van der Waals surface area (Å²) in [6, 6.07) is 9.49. The van der Waals surface area contributed by atoms with E-state index in [1.54, 1.807) is 16.8 Å². The Bertz CT molecular complexity index is 475. The summed E-state index contributed by atoms with van der Waals surface area (Å²) in [5, 5.41) is 0. The molecular weight excluding hydrogens is 288 g/mol. The van der Waals surface area contributed by atoms with Gasteiger partial charge in [0.25, 0.3) is 0 Å². The van der Waals surface area contributed by atoms with Crippen LogP contribution in [0.1, 0.15) is 0 Å². The number of ether oxygens (including phenoxy) is 1. The van der Waals surface area contributed by atoms with Gasteiger partial charge in [-0.05, 0) is 12.1 Å². The first-order valence-corrected chi connectivity index (χ1v) is 8.09. The van der Waals surface area contributed by atoms with E-state index < -0.39 is 0 Å². The molecule has 1 aromatic carbocycles. The fourth-order valence-corrected chi connectivity index (χ4v) is 2.85. The van der Waals surface area contributed by atoms with E-state index in [2.05, 4.69) is 0 Å². The largest absolute Gasteiger partial charge is 0.378 e. The average molecular weight is 308 g/mol. The number of benzene rings is 1. The first kappa shape index (κ1) is 15.9. The first-order chi connectivity index (χ1) is 10.2. The maximum Gasteiger partial charge on any atom is 0.236 e. The summed E-state index contributed by atoms with van der Waals surface area (Å²) in [5.74, 6) is 0.731. The second-order valence-corrected chi connectivity index (χ2v) is 5.76. The third kappa shape index (κ3) is 4.75. The molecule has 2 rings (SSSR count). The molecule has 0 radical (unpaired) electrons. The number of carbonyl (C=O) groups excluding carboxylic acids is 2. The predicted octanol–water partition coefficient (Wildman–Crippen LogP) is 1.24. The molecule has 0 aliphatic carbocycles. The van der Waals surface area contributed by atoms with Gasteiger partial charge in [0.1, 0.15) is 0 Å². The van der Waals surface area contributed by atoms with Crippen LogP contribution in [0.3, 0.4) is 0 Å². The molecule has 21 heavy (non-hydrogen) atoms. The maximum absolute atomic E-state index is 12.1. The van der Waals surface area contributed by atoms with Gasteiger partial charge in [0.2, 0.25) is 11.8 Å². The Morgan fingerprint density at radius 1 is 1.19 bits per heavy atom. The van der Waals surface area contributed by atoms with Crippen LogP contribution in [0.4, 0.5) is 5.69 Å². The zero-order valence-electron chi connectivity index (χ0n) is 12.2. The molecule has 0 saturated carbocycles. The Hall–Kier alpha value is -1.53. The molecule has 1 aliphatic heterocycles. The summed E-state index contributed by atoms with van der Waals surface area (Å²) in [6.45, 7) is 2.51. The van der Waals surface area contributed by atoms with E-state index in [0.29, 0.717) is 37.8 Å². The number of carbonyl (C=O) groups is 2. The third-order valence-corrected chi connectivity index (χ3v) is 4.23. The quantitative estimate of drug-likeness (QED) is 0.821. The monoisotopic (exact) mass is 308 g/mol. The molecule has 1 fully saturated rings. The van der Waals surface area contributed by atoms with Crippen molar-refractivity contribution in [2.24, 2.45) is 0 Å². The van der Waals surface area contributed by atoms with Gasteiger partial charge in [-0.1, -0.05) is 18.2 Å². The lowest BCUT2D eigenvalue weighted by Gasteiger charge is -2.26. The molecule has 1 saturated heterocycles. The molecule has 1 heterocycles. The van der Waals surface area contributed by atoms with Crippen molar-refractivity contribution in [1.82, 2.24) is 4.90 Å². The van der Waals surface area contributed by atoms with E-state index in [4.69, 9.17) is 4.74 Å². The zero-order valence-corrected chi connectivity index (χ0v) is 13.0. The summed E-state index contributed by atoms with van der Waals surface area (Å²) in [6.07, 6.45) is 0. The molecular formula is C15H20N2O3S. The van der Waals surface area contributed by atoms with E-state index >= 15 is 0 Å². The Morgan fingerprint density at radius 2 is 1.86 bits per heavy atom. The van der Waals surface area contributed by atoms with E-state index in [0.717, 1.165) is 5.69 Å². The van der Waals surface area contributed by atoms with Crippen molar-refractivity contribution in [1.29, 1.82) is 0 Å². The number of rotatable bonds is 5. The lowest BCUT2D eigenvalue weighted by Crippen LogP contribution is -2.41. The second-order valence-electron chi connectivity index (χ2n) is 4.77. The van der Waals surface area contributed by atoms with E-state index in [1.807, 2.05) is 30.3 Å². The first-order valence-electron chi connectivity index (χ1n) is 6.93. The molecule has 2 amide bonds. The summed E-state index contributed by atoms with van der Waals surface area (Å²) < 4.78 is 5.21. The highest BCUT2D eigenvalue weighted by atomic mass is 32.2. The van der Waals surface area contributed by atoms with E-state index in [1.165, 1.54) is 11.8 Å². The van der Waals surface area contributed by atoms with Gasteiger partial charge < -0.3 is 14.5 Å². The number of nitrogens with zero attached hydrogens (tertiary/aromatic N) is 2. The van der Waals surface area contributed by atoms with Gasteiger partial charge in [-0.15, -0.1) is 11.8 Å². The number of amides is 2.